The molecule has 1 aromatic heterocycles. The molecule has 1 aromatic carbocycles. The quantitative estimate of drug-likeness (QED) is 0.760. The van der Waals surface area contributed by atoms with Crippen LogP contribution in [-0.4, -0.2) is 6.54 Å². The van der Waals surface area contributed by atoms with Gasteiger partial charge in [0.25, 0.3) is 0 Å². The summed E-state index contributed by atoms with van der Waals surface area (Å²) >= 11 is 14.4. The van der Waals surface area contributed by atoms with Crippen molar-refractivity contribution in [3.8, 4) is 0 Å². The van der Waals surface area contributed by atoms with E-state index in [0.717, 1.165) is 17.1 Å². The van der Waals surface area contributed by atoms with Crippen LogP contribution in [0.3, 0.4) is 0 Å². The van der Waals surface area contributed by atoms with E-state index in [9.17, 15) is 0 Å². The Hall–Kier alpha value is -0.540. The van der Waals surface area contributed by atoms with Crippen molar-refractivity contribution in [2.75, 3.05) is 6.54 Å². The molecule has 0 aliphatic heterocycles. The van der Waals surface area contributed by atoms with Crippen molar-refractivity contribution in [3.05, 3.63) is 55.2 Å². The Morgan fingerprint density at radius 3 is 2.71 bits per heavy atom. The molecular formula is C17H19Cl2NS. The molecule has 0 bridgehead atoms. The Kier molecular flexibility index (Phi) is 4.90. The number of benzene rings is 1. The van der Waals surface area contributed by atoms with Crippen LogP contribution >= 0.6 is 34.5 Å². The number of halogens is 2. The summed E-state index contributed by atoms with van der Waals surface area (Å²) in [6.07, 6.45) is 5.09. The second-order valence-corrected chi connectivity index (χ2v) is 7.47. The van der Waals surface area contributed by atoms with Crippen molar-refractivity contribution in [3.63, 3.8) is 0 Å². The molecule has 0 spiro atoms. The number of hydrogen-bond acceptors (Lipinski definition) is 2. The highest BCUT2D eigenvalue weighted by Gasteiger charge is 2.21. The molecule has 0 fully saturated rings. The van der Waals surface area contributed by atoms with E-state index in [1.54, 1.807) is 4.88 Å². The minimum atomic E-state index is 0.162. The van der Waals surface area contributed by atoms with E-state index in [4.69, 9.17) is 23.2 Å². The van der Waals surface area contributed by atoms with Crippen LogP contribution in [-0.2, 0) is 12.8 Å². The van der Waals surface area contributed by atoms with Crippen LogP contribution in [0.1, 0.15) is 46.7 Å². The van der Waals surface area contributed by atoms with E-state index in [-0.39, 0.29) is 6.04 Å². The van der Waals surface area contributed by atoms with E-state index in [1.807, 2.05) is 29.5 Å². The van der Waals surface area contributed by atoms with Crippen molar-refractivity contribution in [1.82, 2.24) is 5.32 Å². The SMILES string of the molecule is CCNC(c1cc2c(s1)CCCC2)c1ccc(Cl)cc1Cl. The summed E-state index contributed by atoms with van der Waals surface area (Å²) in [4.78, 5) is 2.93. The van der Waals surface area contributed by atoms with E-state index >= 15 is 0 Å². The van der Waals surface area contributed by atoms with E-state index < -0.39 is 0 Å². The van der Waals surface area contributed by atoms with Crippen molar-refractivity contribution in [1.29, 1.82) is 0 Å². The van der Waals surface area contributed by atoms with Crippen LogP contribution < -0.4 is 5.32 Å². The van der Waals surface area contributed by atoms with E-state index in [0.29, 0.717) is 5.02 Å². The third-order valence-electron chi connectivity index (χ3n) is 3.98. The molecule has 1 aliphatic rings. The number of aryl methyl sites for hydroxylation is 2. The van der Waals surface area contributed by atoms with Crippen molar-refractivity contribution >= 4 is 34.5 Å². The van der Waals surface area contributed by atoms with Gasteiger partial charge in [-0.3, -0.25) is 0 Å². The van der Waals surface area contributed by atoms with Gasteiger partial charge in [0.05, 0.1) is 6.04 Å². The zero-order chi connectivity index (χ0) is 14.8. The molecule has 1 unspecified atom stereocenters. The Bertz CT molecular complexity index is 612. The highest BCUT2D eigenvalue weighted by atomic mass is 35.5. The standard InChI is InChI=1S/C17H19Cl2NS/c1-2-20-17(13-8-7-12(18)10-14(13)19)16-9-11-5-3-4-6-15(11)21-16/h7-10,17,20H,2-6H2,1H3. The van der Waals surface area contributed by atoms with Gasteiger partial charge in [-0.25, -0.2) is 0 Å². The van der Waals surface area contributed by atoms with Crippen molar-refractivity contribution in [2.24, 2.45) is 0 Å². The van der Waals surface area contributed by atoms with Gasteiger partial charge in [0.15, 0.2) is 0 Å². The smallest absolute Gasteiger partial charge is 0.0685 e. The summed E-state index contributed by atoms with van der Waals surface area (Å²) in [7, 11) is 0. The number of hydrogen-bond donors (Lipinski definition) is 1. The van der Waals surface area contributed by atoms with E-state index in [1.165, 1.54) is 36.1 Å². The fourth-order valence-electron chi connectivity index (χ4n) is 2.96. The number of thiophene rings is 1. The Morgan fingerprint density at radius 2 is 2.00 bits per heavy atom. The Labute approximate surface area is 140 Å². The maximum absolute atomic E-state index is 6.42. The fraction of sp³-hybridized carbons (Fsp3) is 0.412. The zero-order valence-electron chi connectivity index (χ0n) is 12.1. The largest absolute Gasteiger partial charge is 0.306 e. The molecule has 1 atom stereocenters. The maximum Gasteiger partial charge on any atom is 0.0685 e. The van der Waals surface area contributed by atoms with Crippen LogP contribution in [0.15, 0.2) is 24.3 Å². The first kappa shape index (κ1) is 15.4. The predicted molar refractivity (Wildman–Crippen MR) is 92.9 cm³/mol. The van der Waals surface area contributed by atoms with Gasteiger partial charge >= 0.3 is 0 Å². The molecule has 1 N–H and O–H groups in total. The Morgan fingerprint density at radius 1 is 1.19 bits per heavy atom. The Balaban J connectivity index is 1.99. The first-order valence-electron chi connectivity index (χ1n) is 7.49. The summed E-state index contributed by atoms with van der Waals surface area (Å²) in [5, 5.41) is 4.99. The lowest BCUT2D eigenvalue weighted by atomic mass is 9.97. The van der Waals surface area contributed by atoms with Gasteiger partial charge in [0.1, 0.15) is 0 Å². The normalized spacial score (nSPS) is 15.8. The monoisotopic (exact) mass is 339 g/mol. The second-order valence-electron chi connectivity index (χ2n) is 5.46. The van der Waals surface area contributed by atoms with Gasteiger partial charge in [-0.2, -0.15) is 0 Å². The fourth-order valence-corrected chi connectivity index (χ4v) is 4.83. The number of rotatable bonds is 4. The molecule has 112 valence electrons. The van der Waals surface area contributed by atoms with Crippen LogP contribution in [0, 0.1) is 0 Å². The van der Waals surface area contributed by atoms with Crippen LogP contribution in [0.4, 0.5) is 0 Å². The molecule has 21 heavy (non-hydrogen) atoms. The van der Waals surface area contributed by atoms with Gasteiger partial charge in [0, 0.05) is 19.8 Å². The summed E-state index contributed by atoms with van der Waals surface area (Å²) in [6.45, 7) is 3.04. The molecule has 4 heteroatoms. The lowest BCUT2D eigenvalue weighted by Crippen LogP contribution is -2.21. The van der Waals surface area contributed by atoms with Gasteiger partial charge < -0.3 is 5.32 Å². The van der Waals surface area contributed by atoms with Gasteiger partial charge in [-0.15, -0.1) is 11.3 Å². The lowest BCUT2D eigenvalue weighted by molar-refractivity contribution is 0.639. The zero-order valence-corrected chi connectivity index (χ0v) is 14.4. The second kappa shape index (κ2) is 6.70. The summed E-state index contributed by atoms with van der Waals surface area (Å²) in [5.41, 5.74) is 2.65. The molecule has 1 nitrogen and oxygen atoms in total. The average Bonchev–Trinajstić information content (AvgIpc) is 2.89. The molecule has 0 radical (unpaired) electrons. The highest BCUT2D eigenvalue weighted by Crippen LogP contribution is 2.37. The molecule has 1 heterocycles. The minimum Gasteiger partial charge on any atom is -0.306 e. The van der Waals surface area contributed by atoms with Gasteiger partial charge in [0.2, 0.25) is 0 Å². The van der Waals surface area contributed by atoms with Crippen LogP contribution in [0.5, 0.6) is 0 Å². The number of nitrogens with one attached hydrogen (secondary N) is 1. The molecule has 0 saturated carbocycles. The molecule has 1 aliphatic carbocycles. The summed E-state index contributed by atoms with van der Waals surface area (Å²) < 4.78 is 0. The molecule has 0 saturated heterocycles. The van der Waals surface area contributed by atoms with Crippen molar-refractivity contribution < 1.29 is 0 Å². The highest BCUT2D eigenvalue weighted by molar-refractivity contribution is 7.12. The summed E-state index contributed by atoms with van der Waals surface area (Å²) in [6, 6.07) is 8.32. The lowest BCUT2D eigenvalue weighted by Gasteiger charge is -2.18. The predicted octanol–water partition coefficient (Wildman–Crippen LogP) is 5.63. The maximum atomic E-state index is 6.42. The topological polar surface area (TPSA) is 12.0 Å². The molecule has 3 rings (SSSR count). The molecular weight excluding hydrogens is 321 g/mol. The third-order valence-corrected chi connectivity index (χ3v) is 5.85. The molecule has 0 amide bonds. The van der Waals surface area contributed by atoms with Crippen LogP contribution in [0.25, 0.3) is 0 Å². The third kappa shape index (κ3) is 3.29. The van der Waals surface area contributed by atoms with E-state index in [2.05, 4.69) is 18.3 Å². The average molecular weight is 340 g/mol. The first-order chi connectivity index (χ1) is 10.2. The van der Waals surface area contributed by atoms with Gasteiger partial charge in [-0.1, -0.05) is 36.2 Å². The van der Waals surface area contributed by atoms with Crippen LogP contribution in [0.2, 0.25) is 10.0 Å². The molecule has 2 aromatic rings. The minimum absolute atomic E-state index is 0.162. The first-order valence-corrected chi connectivity index (χ1v) is 9.06. The number of fused-ring (bicyclic) bond motifs is 1. The summed E-state index contributed by atoms with van der Waals surface area (Å²) in [5.74, 6) is 0. The van der Waals surface area contributed by atoms with Crippen molar-refractivity contribution in [2.45, 2.75) is 38.6 Å². The van der Waals surface area contributed by atoms with Gasteiger partial charge in [-0.05, 0) is 61.6 Å².